The summed E-state index contributed by atoms with van der Waals surface area (Å²) in [5.74, 6) is 3.26. The summed E-state index contributed by atoms with van der Waals surface area (Å²) < 4.78 is 0. The van der Waals surface area contributed by atoms with Gasteiger partial charge in [-0.2, -0.15) is 5.26 Å². The van der Waals surface area contributed by atoms with Gasteiger partial charge in [0.2, 0.25) is 0 Å². The Morgan fingerprint density at radius 2 is 1.82 bits per heavy atom. The average Bonchev–Trinajstić information content (AvgIpc) is 3.26. The Hall–Kier alpha value is -3.57. The normalized spacial score (nSPS) is 18.1. The lowest BCUT2D eigenvalue weighted by atomic mass is 9.89. The molecule has 1 atom stereocenters. The fourth-order valence-corrected chi connectivity index (χ4v) is 6.42. The summed E-state index contributed by atoms with van der Waals surface area (Å²) in [6, 6.07) is 9.88. The van der Waals surface area contributed by atoms with E-state index in [1.165, 1.54) is 22.2 Å². The molecule has 0 bridgehead atoms. The second-order valence-electron chi connectivity index (χ2n) is 9.10. The third-order valence-corrected chi connectivity index (χ3v) is 7.99. The molecule has 7 nitrogen and oxygen atoms in total. The number of pyridine rings is 2. The van der Waals surface area contributed by atoms with E-state index in [4.69, 9.17) is 9.97 Å². The van der Waals surface area contributed by atoms with Crippen molar-refractivity contribution in [1.82, 2.24) is 19.9 Å². The van der Waals surface area contributed by atoms with E-state index in [1.807, 2.05) is 41.8 Å². The SMILES string of the molecule is C[C@H]1CCc2c(sc3nc(-c4cccnc4)nc(N4CCN(c5ncccc5C#N)CC4)c23)C1. The molecule has 8 heteroatoms. The van der Waals surface area contributed by atoms with E-state index >= 15 is 0 Å². The van der Waals surface area contributed by atoms with Gasteiger partial charge in [0, 0.05) is 55.2 Å². The van der Waals surface area contributed by atoms with Crippen LogP contribution < -0.4 is 9.80 Å². The van der Waals surface area contributed by atoms with Gasteiger partial charge in [0.1, 0.15) is 22.5 Å². The molecule has 0 unspecified atom stereocenters. The number of nitrogens with zero attached hydrogens (tertiary/aromatic N) is 7. The number of rotatable bonds is 3. The van der Waals surface area contributed by atoms with Gasteiger partial charge in [0.25, 0.3) is 0 Å². The van der Waals surface area contributed by atoms with E-state index < -0.39 is 0 Å². The predicted molar refractivity (Wildman–Crippen MR) is 135 cm³/mol. The van der Waals surface area contributed by atoms with E-state index in [0.29, 0.717) is 11.5 Å². The highest BCUT2D eigenvalue weighted by atomic mass is 32.1. The molecule has 0 amide bonds. The molecular weight excluding hydrogens is 442 g/mol. The van der Waals surface area contributed by atoms with E-state index in [-0.39, 0.29) is 0 Å². The first-order chi connectivity index (χ1) is 16.7. The minimum atomic E-state index is 0.625. The Kier molecular flexibility index (Phi) is 5.34. The van der Waals surface area contributed by atoms with Gasteiger partial charge in [-0.3, -0.25) is 4.98 Å². The van der Waals surface area contributed by atoms with E-state index in [1.54, 1.807) is 12.4 Å². The number of anilines is 2. The van der Waals surface area contributed by atoms with Crippen LogP contribution in [0.1, 0.15) is 29.3 Å². The number of hydrogen-bond donors (Lipinski definition) is 0. The first-order valence-electron chi connectivity index (χ1n) is 11.8. The minimum Gasteiger partial charge on any atom is -0.352 e. The third kappa shape index (κ3) is 3.66. The van der Waals surface area contributed by atoms with Gasteiger partial charge in [-0.15, -0.1) is 11.3 Å². The van der Waals surface area contributed by atoms with Gasteiger partial charge in [-0.25, -0.2) is 15.0 Å². The van der Waals surface area contributed by atoms with Crippen LogP contribution in [0, 0.1) is 17.2 Å². The molecule has 5 heterocycles. The molecule has 1 saturated heterocycles. The van der Waals surface area contributed by atoms with Crippen molar-refractivity contribution >= 4 is 33.2 Å². The fourth-order valence-electron chi connectivity index (χ4n) is 5.04. The van der Waals surface area contributed by atoms with Crippen molar-refractivity contribution in [2.45, 2.75) is 26.2 Å². The summed E-state index contributed by atoms with van der Waals surface area (Å²) in [5, 5.41) is 10.7. The Bertz CT molecular complexity index is 1380. The predicted octanol–water partition coefficient (Wildman–Crippen LogP) is 4.47. The van der Waals surface area contributed by atoms with Crippen molar-refractivity contribution in [3.05, 3.63) is 58.9 Å². The number of aryl methyl sites for hydroxylation is 1. The van der Waals surface area contributed by atoms with Crippen LogP contribution >= 0.6 is 11.3 Å². The molecule has 2 aliphatic rings. The number of piperazine rings is 1. The molecule has 4 aromatic rings. The molecule has 0 spiro atoms. The Labute approximate surface area is 202 Å². The fraction of sp³-hybridized carbons (Fsp3) is 0.346. The Morgan fingerprint density at radius 1 is 1.03 bits per heavy atom. The number of thiophene rings is 1. The lowest BCUT2D eigenvalue weighted by Gasteiger charge is -2.36. The minimum absolute atomic E-state index is 0.625. The van der Waals surface area contributed by atoms with Crippen LogP contribution in [0.25, 0.3) is 21.6 Å². The van der Waals surface area contributed by atoms with Gasteiger partial charge < -0.3 is 9.80 Å². The maximum Gasteiger partial charge on any atom is 0.164 e. The maximum absolute atomic E-state index is 9.50. The zero-order valence-corrected chi connectivity index (χ0v) is 19.9. The highest BCUT2D eigenvalue weighted by Crippen LogP contribution is 2.42. The molecule has 1 aliphatic heterocycles. The van der Waals surface area contributed by atoms with Crippen LogP contribution in [-0.4, -0.2) is 46.1 Å². The van der Waals surface area contributed by atoms with Crippen LogP contribution in [-0.2, 0) is 12.8 Å². The highest BCUT2D eigenvalue weighted by Gasteiger charge is 2.28. The summed E-state index contributed by atoms with van der Waals surface area (Å²) in [5.41, 5.74) is 3.01. The van der Waals surface area contributed by atoms with Crippen LogP contribution in [0.5, 0.6) is 0 Å². The monoisotopic (exact) mass is 467 g/mol. The van der Waals surface area contributed by atoms with Crippen molar-refractivity contribution in [3.8, 4) is 17.5 Å². The lowest BCUT2D eigenvalue weighted by molar-refractivity contribution is 0.509. The van der Waals surface area contributed by atoms with Gasteiger partial charge >= 0.3 is 0 Å². The Balaban J connectivity index is 1.39. The summed E-state index contributed by atoms with van der Waals surface area (Å²) in [6.45, 7) is 5.57. The zero-order chi connectivity index (χ0) is 23.1. The average molecular weight is 468 g/mol. The van der Waals surface area contributed by atoms with E-state index in [9.17, 15) is 5.26 Å². The third-order valence-electron chi connectivity index (χ3n) is 6.84. The number of hydrogen-bond acceptors (Lipinski definition) is 8. The first-order valence-corrected chi connectivity index (χ1v) is 12.6. The van der Waals surface area contributed by atoms with E-state index in [0.717, 1.165) is 66.9 Å². The van der Waals surface area contributed by atoms with Crippen molar-refractivity contribution in [3.63, 3.8) is 0 Å². The molecule has 34 heavy (non-hydrogen) atoms. The molecule has 0 saturated carbocycles. The van der Waals surface area contributed by atoms with E-state index in [2.05, 4.69) is 32.8 Å². The van der Waals surface area contributed by atoms with Crippen LogP contribution in [0.2, 0.25) is 0 Å². The Morgan fingerprint density at radius 3 is 2.59 bits per heavy atom. The topological polar surface area (TPSA) is 81.8 Å². The van der Waals surface area contributed by atoms with Gasteiger partial charge in [0.15, 0.2) is 5.82 Å². The largest absolute Gasteiger partial charge is 0.352 e. The molecule has 6 rings (SSSR count). The van der Waals surface area contributed by atoms with Crippen LogP contribution in [0.3, 0.4) is 0 Å². The number of nitriles is 1. The first kappa shape index (κ1) is 21.0. The number of fused-ring (bicyclic) bond motifs is 3. The van der Waals surface area contributed by atoms with Crippen LogP contribution in [0.15, 0.2) is 42.9 Å². The summed E-state index contributed by atoms with van der Waals surface area (Å²) in [7, 11) is 0. The molecule has 1 aliphatic carbocycles. The summed E-state index contributed by atoms with van der Waals surface area (Å²) in [6.07, 6.45) is 8.81. The molecule has 1 fully saturated rings. The van der Waals surface area contributed by atoms with Crippen molar-refractivity contribution < 1.29 is 0 Å². The quantitative estimate of drug-likeness (QED) is 0.440. The molecule has 170 valence electrons. The van der Waals surface area contributed by atoms with Crippen molar-refractivity contribution in [2.75, 3.05) is 36.0 Å². The molecular formula is C26H25N7S. The van der Waals surface area contributed by atoms with Gasteiger partial charge in [0.05, 0.1) is 10.9 Å². The lowest BCUT2D eigenvalue weighted by Crippen LogP contribution is -2.47. The highest BCUT2D eigenvalue weighted by molar-refractivity contribution is 7.19. The molecule has 4 aromatic heterocycles. The molecule has 0 aromatic carbocycles. The van der Waals surface area contributed by atoms with Crippen molar-refractivity contribution in [2.24, 2.45) is 5.92 Å². The summed E-state index contributed by atoms with van der Waals surface area (Å²) >= 11 is 1.84. The molecule has 0 radical (unpaired) electrons. The number of aromatic nitrogens is 4. The zero-order valence-electron chi connectivity index (χ0n) is 19.1. The van der Waals surface area contributed by atoms with Gasteiger partial charge in [-0.1, -0.05) is 6.92 Å². The van der Waals surface area contributed by atoms with Crippen LogP contribution in [0.4, 0.5) is 11.6 Å². The second-order valence-corrected chi connectivity index (χ2v) is 10.2. The second kappa shape index (κ2) is 8.65. The van der Waals surface area contributed by atoms with Crippen molar-refractivity contribution in [1.29, 1.82) is 5.26 Å². The maximum atomic E-state index is 9.50. The smallest absolute Gasteiger partial charge is 0.164 e. The van der Waals surface area contributed by atoms with Gasteiger partial charge in [-0.05, 0) is 55.0 Å². The summed E-state index contributed by atoms with van der Waals surface area (Å²) in [4.78, 5) is 26.0. The molecule has 0 N–H and O–H groups in total. The standard InChI is InChI=1S/C26H25N7S/c1-17-6-7-20-21(14-17)34-26-22(20)25(30-23(31-26)19-5-2-8-28-16-19)33-12-10-32(11-13-33)24-18(15-27)4-3-9-29-24/h2-5,8-9,16-17H,6-7,10-14H2,1H3/t17-/m0/s1.